The number of aromatic nitrogens is 2. The van der Waals surface area contributed by atoms with Gasteiger partial charge in [-0.2, -0.15) is 10.5 Å². The number of imidazole rings is 1. The Bertz CT molecular complexity index is 775. The van der Waals surface area contributed by atoms with Crippen molar-refractivity contribution in [2.45, 2.75) is 19.8 Å². The Labute approximate surface area is 130 Å². The molecule has 8 heteroatoms. The molecule has 0 aromatic carbocycles. The molecule has 0 aliphatic heterocycles. The van der Waals surface area contributed by atoms with E-state index in [1.165, 1.54) is 11.3 Å². The van der Waals surface area contributed by atoms with Crippen LogP contribution in [0.1, 0.15) is 38.8 Å². The second kappa shape index (κ2) is 6.66. The van der Waals surface area contributed by atoms with E-state index in [4.69, 9.17) is 10.5 Å². The number of nitriles is 2. The highest BCUT2D eigenvalue weighted by atomic mass is 32.1. The molecule has 0 saturated carbocycles. The molecule has 0 atom stereocenters. The zero-order valence-electron chi connectivity index (χ0n) is 11.6. The molecule has 22 heavy (non-hydrogen) atoms. The summed E-state index contributed by atoms with van der Waals surface area (Å²) in [6.07, 6.45) is 0.0863. The van der Waals surface area contributed by atoms with E-state index in [0.29, 0.717) is 4.88 Å². The van der Waals surface area contributed by atoms with Crippen LogP contribution in [0.25, 0.3) is 0 Å². The maximum atomic E-state index is 11.9. The molecular weight excluding hydrogens is 302 g/mol. The molecule has 1 amide bonds. The van der Waals surface area contributed by atoms with Crippen LogP contribution in [0.4, 0.5) is 5.95 Å². The average molecular weight is 313 g/mol. The molecule has 0 unspecified atom stereocenters. The topological polar surface area (TPSA) is 122 Å². The number of carbonyl (C=O) groups excluding carboxylic acids is 2. The van der Waals surface area contributed by atoms with Crippen LogP contribution in [-0.2, 0) is 4.79 Å². The van der Waals surface area contributed by atoms with Gasteiger partial charge < -0.3 is 4.98 Å². The summed E-state index contributed by atoms with van der Waals surface area (Å²) in [5.41, 5.74) is -0.0918. The minimum atomic E-state index is -0.413. The molecule has 0 radical (unpaired) electrons. The molecule has 2 aromatic heterocycles. The van der Waals surface area contributed by atoms with Gasteiger partial charge in [0.2, 0.25) is 11.9 Å². The maximum Gasteiger partial charge on any atom is 0.227 e. The van der Waals surface area contributed by atoms with Crippen LogP contribution in [0.5, 0.6) is 0 Å². The van der Waals surface area contributed by atoms with Crippen LogP contribution in [-0.4, -0.2) is 21.7 Å². The van der Waals surface area contributed by atoms with Crippen LogP contribution >= 0.6 is 11.3 Å². The Hall–Kier alpha value is -2.97. The number of ketones is 1. The zero-order chi connectivity index (χ0) is 16.1. The Kier molecular flexibility index (Phi) is 4.66. The lowest BCUT2D eigenvalue weighted by molar-refractivity contribution is -0.116. The van der Waals surface area contributed by atoms with Crippen LogP contribution in [0.3, 0.4) is 0 Å². The summed E-state index contributed by atoms with van der Waals surface area (Å²) in [7, 11) is 0. The number of rotatable bonds is 5. The standard InChI is InChI=1S/C14H11N5O2S/c1-8-2-4-12(22-8)11(20)3-5-13(21)19-14-17-9(6-15)10(7-16)18-14/h2,4H,3,5H2,1H3,(H2,17,18,19,21). The number of hydrogen-bond acceptors (Lipinski definition) is 6. The number of carbonyl (C=O) groups is 2. The van der Waals surface area contributed by atoms with Crippen molar-refractivity contribution in [3.63, 3.8) is 0 Å². The fourth-order valence-corrected chi connectivity index (χ4v) is 2.56. The zero-order valence-corrected chi connectivity index (χ0v) is 12.5. The minimum absolute atomic E-state index is 0.000253. The lowest BCUT2D eigenvalue weighted by Gasteiger charge is -2.00. The van der Waals surface area contributed by atoms with Gasteiger partial charge in [0.1, 0.15) is 12.1 Å². The van der Waals surface area contributed by atoms with Gasteiger partial charge in [0.05, 0.1) is 4.88 Å². The average Bonchev–Trinajstić information content (AvgIpc) is 3.10. The number of H-pyrrole nitrogens is 1. The molecule has 0 saturated heterocycles. The first kappa shape index (κ1) is 15.4. The molecule has 0 spiro atoms. The number of amides is 1. The van der Waals surface area contributed by atoms with Gasteiger partial charge in [-0.3, -0.25) is 14.9 Å². The van der Waals surface area contributed by atoms with Crippen LogP contribution in [0, 0.1) is 29.6 Å². The third-order valence-electron chi connectivity index (χ3n) is 2.77. The number of anilines is 1. The van der Waals surface area contributed by atoms with Crippen LogP contribution < -0.4 is 5.32 Å². The van der Waals surface area contributed by atoms with Gasteiger partial charge in [0.25, 0.3) is 0 Å². The molecule has 0 aliphatic rings. The highest BCUT2D eigenvalue weighted by Crippen LogP contribution is 2.17. The van der Waals surface area contributed by atoms with Crippen molar-refractivity contribution in [3.8, 4) is 12.1 Å². The highest BCUT2D eigenvalue weighted by molar-refractivity contribution is 7.14. The van der Waals surface area contributed by atoms with Gasteiger partial charge in [0, 0.05) is 17.7 Å². The van der Waals surface area contributed by atoms with Gasteiger partial charge in [0.15, 0.2) is 17.2 Å². The van der Waals surface area contributed by atoms with Crippen molar-refractivity contribution < 1.29 is 9.59 Å². The van der Waals surface area contributed by atoms with Gasteiger partial charge in [-0.1, -0.05) is 0 Å². The van der Waals surface area contributed by atoms with Crippen LogP contribution in [0.15, 0.2) is 12.1 Å². The molecule has 2 N–H and O–H groups in total. The van der Waals surface area contributed by atoms with Crippen molar-refractivity contribution in [3.05, 3.63) is 33.3 Å². The lowest BCUT2D eigenvalue weighted by Crippen LogP contribution is -2.14. The fourth-order valence-electron chi connectivity index (χ4n) is 1.72. The number of thiophene rings is 1. The molecule has 2 aromatic rings. The van der Waals surface area contributed by atoms with E-state index in [9.17, 15) is 9.59 Å². The Balaban J connectivity index is 1.91. The highest BCUT2D eigenvalue weighted by Gasteiger charge is 2.14. The SMILES string of the molecule is Cc1ccc(C(=O)CCC(=O)Nc2nc(C#N)c(C#N)[nH]2)s1. The van der Waals surface area contributed by atoms with Crippen molar-refractivity contribution in [2.75, 3.05) is 5.32 Å². The molecule has 2 heterocycles. The third kappa shape index (κ3) is 3.57. The molecule has 2 rings (SSSR count). The second-order valence-electron chi connectivity index (χ2n) is 4.41. The molecular formula is C14H11N5O2S. The summed E-state index contributed by atoms with van der Waals surface area (Å²) >= 11 is 1.39. The van der Waals surface area contributed by atoms with Gasteiger partial charge in [-0.15, -0.1) is 11.3 Å². The summed E-state index contributed by atoms with van der Waals surface area (Å²) in [4.78, 5) is 31.6. The summed E-state index contributed by atoms with van der Waals surface area (Å²) < 4.78 is 0. The first-order chi connectivity index (χ1) is 10.5. The number of Topliss-reactive ketones (excluding diaryl/α,β-unsaturated/α-hetero) is 1. The van der Waals surface area contributed by atoms with E-state index in [0.717, 1.165) is 4.88 Å². The smallest absolute Gasteiger partial charge is 0.227 e. The monoisotopic (exact) mass is 313 g/mol. The minimum Gasteiger partial charge on any atom is -0.314 e. The van der Waals surface area contributed by atoms with E-state index in [1.54, 1.807) is 18.2 Å². The first-order valence-corrected chi connectivity index (χ1v) is 7.15. The molecule has 0 bridgehead atoms. The van der Waals surface area contributed by atoms with E-state index in [2.05, 4.69) is 15.3 Å². The van der Waals surface area contributed by atoms with Gasteiger partial charge in [-0.25, -0.2) is 4.98 Å². The van der Waals surface area contributed by atoms with Crippen molar-refractivity contribution >= 4 is 29.0 Å². The number of aromatic amines is 1. The number of aryl methyl sites for hydroxylation is 1. The summed E-state index contributed by atoms with van der Waals surface area (Å²) in [5, 5.41) is 20.0. The summed E-state index contributed by atoms with van der Waals surface area (Å²) in [6.45, 7) is 1.91. The Morgan fingerprint density at radius 2 is 2.09 bits per heavy atom. The van der Waals surface area contributed by atoms with Gasteiger partial charge >= 0.3 is 0 Å². The van der Waals surface area contributed by atoms with E-state index in [-0.39, 0.29) is 36.0 Å². The van der Waals surface area contributed by atoms with Crippen LogP contribution in [0.2, 0.25) is 0 Å². The largest absolute Gasteiger partial charge is 0.314 e. The fraction of sp³-hybridized carbons (Fsp3) is 0.214. The van der Waals surface area contributed by atoms with Gasteiger partial charge in [-0.05, 0) is 19.1 Å². The van der Waals surface area contributed by atoms with Crippen molar-refractivity contribution in [1.29, 1.82) is 10.5 Å². The lowest BCUT2D eigenvalue weighted by atomic mass is 10.2. The quantitative estimate of drug-likeness (QED) is 0.818. The number of nitrogens with zero attached hydrogens (tertiary/aromatic N) is 3. The predicted molar refractivity (Wildman–Crippen MR) is 79.3 cm³/mol. The normalized spacial score (nSPS) is 9.77. The first-order valence-electron chi connectivity index (χ1n) is 6.33. The number of nitrogens with one attached hydrogen (secondary N) is 2. The molecule has 110 valence electrons. The number of hydrogen-bond donors (Lipinski definition) is 2. The Morgan fingerprint density at radius 3 is 2.64 bits per heavy atom. The predicted octanol–water partition coefficient (Wildman–Crippen LogP) is 2.12. The van der Waals surface area contributed by atoms with Crippen molar-refractivity contribution in [2.24, 2.45) is 0 Å². The van der Waals surface area contributed by atoms with E-state index < -0.39 is 5.91 Å². The van der Waals surface area contributed by atoms with E-state index >= 15 is 0 Å². The molecule has 7 nitrogen and oxygen atoms in total. The third-order valence-corrected chi connectivity index (χ3v) is 3.82. The maximum absolute atomic E-state index is 11.9. The Morgan fingerprint density at radius 1 is 1.32 bits per heavy atom. The summed E-state index contributed by atoms with van der Waals surface area (Å²) in [5.74, 6) is -0.481. The van der Waals surface area contributed by atoms with E-state index in [1.807, 2.05) is 13.0 Å². The molecule has 0 aliphatic carbocycles. The van der Waals surface area contributed by atoms with Crippen molar-refractivity contribution in [1.82, 2.24) is 9.97 Å². The summed E-state index contributed by atoms with van der Waals surface area (Å²) in [6, 6.07) is 7.11. The molecule has 0 fully saturated rings. The second-order valence-corrected chi connectivity index (χ2v) is 5.70.